The van der Waals surface area contributed by atoms with Crippen LogP contribution in [0.15, 0.2) is 47.5 Å². The van der Waals surface area contributed by atoms with Crippen molar-refractivity contribution in [3.63, 3.8) is 0 Å². The smallest absolute Gasteiger partial charge is 0.254 e. The predicted molar refractivity (Wildman–Crippen MR) is 171 cm³/mol. The van der Waals surface area contributed by atoms with E-state index in [1.165, 1.54) is 0 Å². The second-order valence-electron chi connectivity index (χ2n) is 12.0. The number of likely N-dealkylation sites (tertiary alicyclic amines) is 1. The van der Waals surface area contributed by atoms with Crippen LogP contribution in [-0.4, -0.2) is 82.8 Å². The quantitative estimate of drug-likeness (QED) is 0.277. The van der Waals surface area contributed by atoms with Gasteiger partial charge in [0.15, 0.2) is 9.84 Å². The van der Waals surface area contributed by atoms with Crippen molar-refractivity contribution >= 4 is 38.9 Å². The summed E-state index contributed by atoms with van der Waals surface area (Å²) in [4.78, 5) is 27.1. The minimum atomic E-state index is -3.53. The van der Waals surface area contributed by atoms with Crippen LogP contribution in [0.5, 0.6) is 5.75 Å². The summed E-state index contributed by atoms with van der Waals surface area (Å²) >= 11 is 0. The zero-order valence-electron chi connectivity index (χ0n) is 26.0. The second kappa shape index (κ2) is 13.1. The standard InChI is InChI=1S/C32H42N6O5S/c1-20(2)43-28-15-23-18-38(24-9-8-12-37(19-24)13-14-39)31(40)25(23)16-27(28)35-32-33-17-22(5)30(36-32)34-26-10-6-7-11-29(26)44(41,42)21(3)4/h6-7,10-11,15-17,20-21,24,39H,8-9,12-14,18-19H2,1-5H3,(H2,33,34,35,36)/t24-/m0/s1. The van der Waals surface area contributed by atoms with Crippen LogP contribution in [0.25, 0.3) is 0 Å². The SMILES string of the molecule is Cc1cnc(Nc2cc3c(cc2OC(C)C)CN([C@H]2CCCN(CCO)C2)C3=O)nc1Nc1ccccc1S(=O)(=O)C(C)C. The number of aromatic nitrogens is 2. The number of benzene rings is 2. The number of carbonyl (C=O) groups is 1. The summed E-state index contributed by atoms with van der Waals surface area (Å²) in [5.41, 5.74) is 3.25. The maximum atomic E-state index is 13.7. The van der Waals surface area contributed by atoms with E-state index in [0.29, 0.717) is 41.6 Å². The van der Waals surface area contributed by atoms with E-state index in [2.05, 4.69) is 25.5 Å². The number of sulfone groups is 1. The molecule has 12 heteroatoms. The van der Waals surface area contributed by atoms with E-state index in [-0.39, 0.29) is 35.5 Å². The Labute approximate surface area is 259 Å². The number of piperidine rings is 1. The highest BCUT2D eigenvalue weighted by Gasteiger charge is 2.36. The molecule has 0 saturated carbocycles. The number of fused-ring (bicyclic) bond motifs is 1. The number of ether oxygens (including phenoxy) is 1. The average Bonchev–Trinajstić information content (AvgIpc) is 3.30. The first kappa shape index (κ1) is 31.7. The van der Waals surface area contributed by atoms with Crippen molar-refractivity contribution in [2.45, 2.75) is 76.3 Å². The topological polar surface area (TPSA) is 137 Å². The number of nitrogens with zero attached hydrogens (tertiary/aromatic N) is 4. The van der Waals surface area contributed by atoms with E-state index < -0.39 is 15.1 Å². The fourth-order valence-electron chi connectivity index (χ4n) is 5.68. The molecule has 236 valence electrons. The molecule has 1 atom stereocenters. The molecule has 0 radical (unpaired) electrons. The molecule has 1 saturated heterocycles. The summed E-state index contributed by atoms with van der Waals surface area (Å²) in [5.74, 6) is 1.29. The van der Waals surface area contributed by atoms with Crippen LogP contribution in [0, 0.1) is 6.92 Å². The minimum Gasteiger partial charge on any atom is -0.489 e. The molecular formula is C32H42N6O5S. The third kappa shape index (κ3) is 6.67. The van der Waals surface area contributed by atoms with Crippen LogP contribution in [0.1, 0.15) is 62.0 Å². The number of hydrogen-bond acceptors (Lipinski definition) is 10. The zero-order chi connectivity index (χ0) is 31.6. The van der Waals surface area contributed by atoms with Gasteiger partial charge in [0.05, 0.1) is 34.2 Å². The summed E-state index contributed by atoms with van der Waals surface area (Å²) in [7, 11) is -3.53. The summed E-state index contributed by atoms with van der Waals surface area (Å²) in [6, 6.07) is 10.6. The van der Waals surface area contributed by atoms with E-state index in [4.69, 9.17) is 4.74 Å². The highest BCUT2D eigenvalue weighted by molar-refractivity contribution is 7.92. The Balaban J connectivity index is 1.43. The van der Waals surface area contributed by atoms with Gasteiger partial charge in [0.1, 0.15) is 11.6 Å². The molecule has 2 aromatic carbocycles. The van der Waals surface area contributed by atoms with Crippen molar-refractivity contribution in [2.24, 2.45) is 0 Å². The lowest BCUT2D eigenvalue weighted by Gasteiger charge is -2.37. The number of nitrogens with one attached hydrogen (secondary N) is 2. The van der Waals surface area contributed by atoms with Crippen LogP contribution in [0.3, 0.4) is 0 Å². The summed E-state index contributed by atoms with van der Waals surface area (Å²) in [6.45, 7) is 11.9. The van der Waals surface area contributed by atoms with Gasteiger partial charge in [-0.15, -0.1) is 0 Å². The van der Waals surface area contributed by atoms with Crippen LogP contribution in [0.2, 0.25) is 0 Å². The van der Waals surface area contributed by atoms with Gasteiger partial charge in [0.25, 0.3) is 5.91 Å². The number of amides is 1. The third-order valence-corrected chi connectivity index (χ3v) is 10.2. The monoisotopic (exact) mass is 622 g/mol. The van der Waals surface area contributed by atoms with Gasteiger partial charge in [0.2, 0.25) is 5.95 Å². The number of hydrogen-bond donors (Lipinski definition) is 3. The Kier molecular flexibility index (Phi) is 9.42. The van der Waals surface area contributed by atoms with E-state index in [1.54, 1.807) is 44.3 Å². The Morgan fingerprint density at radius 3 is 2.61 bits per heavy atom. The number of carbonyl (C=O) groups excluding carboxylic acids is 1. The Morgan fingerprint density at radius 1 is 1.11 bits per heavy atom. The number of aliphatic hydroxyl groups excluding tert-OH is 1. The van der Waals surface area contributed by atoms with Crippen molar-refractivity contribution < 1.29 is 23.1 Å². The molecule has 1 aromatic heterocycles. The van der Waals surface area contributed by atoms with Crippen LogP contribution in [0.4, 0.5) is 23.1 Å². The van der Waals surface area contributed by atoms with Crippen molar-refractivity contribution in [2.75, 3.05) is 36.9 Å². The van der Waals surface area contributed by atoms with Gasteiger partial charge in [-0.3, -0.25) is 9.69 Å². The number of anilines is 4. The van der Waals surface area contributed by atoms with Gasteiger partial charge in [-0.1, -0.05) is 12.1 Å². The first-order valence-electron chi connectivity index (χ1n) is 15.2. The molecule has 5 rings (SSSR count). The fourth-order valence-corrected chi connectivity index (χ4v) is 6.89. The molecular weight excluding hydrogens is 580 g/mol. The molecule has 2 aliphatic heterocycles. The van der Waals surface area contributed by atoms with Crippen LogP contribution >= 0.6 is 0 Å². The number of aryl methyl sites for hydroxylation is 1. The summed E-state index contributed by atoms with van der Waals surface area (Å²) in [5, 5.41) is 15.3. The molecule has 1 fully saturated rings. The first-order valence-corrected chi connectivity index (χ1v) is 16.7. The fraction of sp³-hybridized carbons (Fsp3) is 0.469. The van der Waals surface area contributed by atoms with E-state index >= 15 is 0 Å². The summed E-state index contributed by atoms with van der Waals surface area (Å²) in [6.07, 6.45) is 3.45. The van der Waals surface area contributed by atoms with Crippen molar-refractivity contribution in [3.8, 4) is 5.75 Å². The largest absolute Gasteiger partial charge is 0.489 e. The van der Waals surface area contributed by atoms with Gasteiger partial charge < -0.3 is 25.4 Å². The Bertz CT molecular complexity index is 1630. The predicted octanol–water partition coefficient (Wildman–Crippen LogP) is 4.65. The molecule has 3 heterocycles. The molecule has 3 aromatic rings. The highest BCUT2D eigenvalue weighted by Crippen LogP contribution is 2.37. The Hall–Kier alpha value is -3.74. The number of para-hydroxylation sites is 1. The lowest BCUT2D eigenvalue weighted by atomic mass is 10.0. The molecule has 3 N–H and O–H groups in total. The Morgan fingerprint density at radius 2 is 1.89 bits per heavy atom. The van der Waals surface area contributed by atoms with E-state index in [9.17, 15) is 18.3 Å². The molecule has 1 amide bonds. The van der Waals surface area contributed by atoms with Crippen LogP contribution < -0.4 is 15.4 Å². The zero-order valence-corrected chi connectivity index (χ0v) is 26.8. The lowest BCUT2D eigenvalue weighted by molar-refractivity contribution is 0.0544. The molecule has 0 aliphatic carbocycles. The van der Waals surface area contributed by atoms with Gasteiger partial charge in [-0.05, 0) is 83.8 Å². The van der Waals surface area contributed by atoms with Gasteiger partial charge in [0, 0.05) is 43.0 Å². The summed E-state index contributed by atoms with van der Waals surface area (Å²) < 4.78 is 32.2. The van der Waals surface area contributed by atoms with Gasteiger partial charge >= 0.3 is 0 Å². The number of rotatable bonds is 11. The van der Waals surface area contributed by atoms with E-state index in [0.717, 1.165) is 37.1 Å². The number of aliphatic hydroxyl groups is 1. The van der Waals surface area contributed by atoms with E-state index in [1.807, 2.05) is 37.8 Å². The third-order valence-electron chi connectivity index (χ3n) is 8.02. The first-order chi connectivity index (χ1) is 21.0. The minimum absolute atomic E-state index is 0.0230. The molecule has 0 bridgehead atoms. The molecule has 2 aliphatic rings. The second-order valence-corrected chi connectivity index (χ2v) is 14.5. The normalized spacial score (nSPS) is 17.3. The molecule has 0 unspecified atom stereocenters. The van der Waals surface area contributed by atoms with Crippen molar-refractivity contribution in [3.05, 3.63) is 59.3 Å². The maximum Gasteiger partial charge on any atom is 0.254 e. The van der Waals surface area contributed by atoms with Crippen molar-refractivity contribution in [1.82, 2.24) is 19.8 Å². The maximum absolute atomic E-state index is 13.7. The average molecular weight is 623 g/mol. The molecule has 0 spiro atoms. The number of β-amino-alcohol motifs (C(OH)–C–C–N with tert-alkyl or cyclic N) is 1. The molecule has 11 nitrogen and oxygen atoms in total. The highest BCUT2D eigenvalue weighted by atomic mass is 32.2. The lowest BCUT2D eigenvalue weighted by Crippen LogP contribution is -2.48. The van der Waals surface area contributed by atoms with Gasteiger partial charge in [-0.2, -0.15) is 4.98 Å². The van der Waals surface area contributed by atoms with Crippen LogP contribution in [-0.2, 0) is 16.4 Å². The van der Waals surface area contributed by atoms with Gasteiger partial charge in [-0.25, -0.2) is 13.4 Å². The molecule has 44 heavy (non-hydrogen) atoms. The van der Waals surface area contributed by atoms with Crippen molar-refractivity contribution in [1.29, 1.82) is 0 Å².